The lowest BCUT2D eigenvalue weighted by molar-refractivity contribution is 0.0944. The number of sulfonamides is 1. The van der Waals surface area contributed by atoms with Gasteiger partial charge in [-0.3, -0.25) is 9.78 Å². The molecule has 2 aromatic heterocycles. The van der Waals surface area contributed by atoms with E-state index < -0.39 is 10.0 Å². The van der Waals surface area contributed by atoms with Crippen molar-refractivity contribution in [3.05, 3.63) is 30.2 Å². The minimum absolute atomic E-state index is 0.105. The van der Waals surface area contributed by atoms with Gasteiger partial charge in [-0.05, 0) is 42.7 Å². The fourth-order valence-electron chi connectivity index (χ4n) is 4.00. The highest BCUT2D eigenvalue weighted by Gasteiger charge is 2.55. The molecule has 4 rings (SSSR count). The molecule has 1 unspecified atom stereocenters. The first kappa shape index (κ1) is 16.5. The number of aromatic nitrogens is 2. The fourth-order valence-corrected chi connectivity index (χ4v) is 4.85. The molecule has 2 fully saturated rings. The van der Waals surface area contributed by atoms with Crippen LogP contribution in [0.25, 0.3) is 10.9 Å². The van der Waals surface area contributed by atoms with Crippen molar-refractivity contribution in [3.63, 3.8) is 0 Å². The molecule has 1 aliphatic heterocycles. The molecule has 1 amide bonds. The van der Waals surface area contributed by atoms with Crippen molar-refractivity contribution < 1.29 is 13.2 Å². The minimum atomic E-state index is -3.09. The van der Waals surface area contributed by atoms with Gasteiger partial charge in [-0.15, -0.1) is 0 Å². The van der Waals surface area contributed by atoms with Crippen molar-refractivity contribution in [1.29, 1.82) is 0 Å². The van der Waals surface area contributed by atoms with Crippen LogP contribution >= 0.6 is 0 Å². The Morgan fingerprint density at radius 3 is 2.88 bits per heavy atom. The van der Waals surface area contributed by atoms with Gasteiger partial charge in [-0.2, -0.15) is 0 Å². The quantitative estimate of drug-likeness (QED) is 0.858. The van der Waals surface area contributed by atoms with Gasteiger partial charge >= 0.3 is 0 Å². The number of piperidine rings is 1. The summed E-state index contributed by atoms with van der Waals surface area (Å²) in [7, 11) is -3.09. The zero-order chi connectivity index (χ0) is 17.7. The number of amides is 1. The number of nitrogens with one attached hydrogen (secondary N) is 2. The first-order valence-electron chi connectivity index (χ1n) is 8.53. The highest BCUT2D eigenvalue weighted by atomic mass is 32.2. The van der Waals surface area contributed by atoms with Crippen molar-refractivity contribution in [1.82, 2.24) is 19.6 Å². The lowest BCUT2D eigenvalue weighted by atomic mass is 9.92. The van der Waals surface area contributed by atoms with Crippen LogP contribution in [0.1, 0.15) is 29.8 Å². The third kappa shape index (κ3) is 3.16. The first-order chi connectivity index (χ1) is 11.9. The van der Waals surface area contributed by atoms with E-state index in [1.165, 1.54) is 6.26 Å². The van der Waals surface area contributed by atoms with Crippen molar-refractivity contribution in [2.45, 2.75) is 19.3 Å². The molecular weight excluding hydrogens is 340 g/mol. The highest BCUT2D eigenvalue weighted by Crippen LogP contribution is 2.59. The maximum Gasteiger partial charge on any atom is 0.267 e. The van der Waals surface area contributed by atoms with E-state index in [4.69, 9.17) is 0 Å². The SMILES string of the molecule is CS(=O)(=O)N1CCC2(CC1)CC2CNC(=O)c1cc2ccncc2[nH]1. The van der Waals surface area contributed by atoms with Gasteiger partial charge < -0.3 is 10.3 Å². The molecule has 8 heteroatoms. The molecule has 3 heterocycles. The Morgan fingerprint density at radius 2 is 2.20 bits per heavy atom. The predicted molar refractivity (Wildman–Crippen MR) is 94.6 cm³/mol. The number of hydrogen-bond acceptors (Lipinski definition) is 4. The summed E-state index contributed by atoms with van der Waals surface area (Å²) in [6.07, 6.45) is 7.52. The van der Waals surface area contributed by atoms with E-state index in [1.54, 1.807) is 16.7 Å². The first-order valence-corrected chi connectivity index (χ1v) is 10.4. The van der Waals surface area contributed by atoms with Crippen LogP contribution in [0.15, 0.2) is 24.5 Å². The predicted octanol–water partition coefficient (Wildman–Crippen LogP) is 1.35. The third-order valence-corrected chi connectivity index (χ3v) is 7.03. The molecule has 0 aromatic carbocycles. The third-order valence-electron chi connectivity index (χ3n) is 5.72. The molecule has 134 valence electrons. The summed E-state index contributed by atoms with van der Waals surface area (Å²) in [4.78, 5) is 19.5. The second-order valence-electron chi connectivity index (χ2n) is 7.28. The molecular formula is C17H22N4O3S. The summed E-state index contributed by atoms with van der Waals surface area (Å²) in [6, 6.07) is 3.70. The summed E-state index contributed by atoms with van der Waals surface area (Å²) in [5, 5.41) is 3.98. The number of pyridine rings is 1. The van der Waals surface area contributed by atoms with Crippen LogP contribution in [-0.4, -0.2) is 54.5 Å². The van der Waals surface area contributed by atoms with Crippen LogP contribution in [-0.2, 0) is 10.0 Å². The Hall–Kier alpha value is -1.93. The van der Waals surface area contributed by atoms with Gasteiger partial charge in [-0.25, -0.2) is 12.7 Å². The van der Waals surface area contributed by atoms with Gasteiger partial charge in [0.1, 0.15) is 5.69 Å². The van der Waals surface area contributed by atoms with Gasteiger partial charge in [-0.1, -0.05) is 0 Å². The van der Waals surface area contributed by atoms with E-state index in [-0.39, 0.29) is 11.3 Å². The second kappa shape index (κ2) is 5.81. The highest BCUT2D eigenvalue weighted by molar-refractivity contribution is 7.88. The van der Waals surface area contributed by atoms with Crippen LogP contribution in [0.4, 0.5) is 0 Å². The van der Waals surface area contributed by atoms with Crippen molar-refractivity contribution in [2.24, 2.45) is 11.3 Å². The summed E-state index contributed by atoms with van der Waals surface area (Å²) < 4.78 is 24.8. The van der Waals surface area contributed by atoms with Crippen LogP contribution in [0.5, 0.6) is 0 Å². The van der Waals surface area contributed by atoms with E-state index in [0.717, 1.165) is 30.2 Å². The summed E-state index contributed by atoms with van der Waals surface area (Å²) >= 11 is 0. The van der Waals surface area contributed by atoms with Crippen molar-refractivity contribution >= 4 is 26.8 Å². The molecule has 7 nitrogen and oxygen atoms in total. The average Bonchev–Trinajstić information content (AvgIpc) is 3.05. The Balaban J connectivity index is 1.32. The Bertz CT molecular complexity index is 880. The summed E-state index contributed by atoms with van der Waals surface area (Å²) in [5.74, 6) is 0.344. The monoisotopic (exact) mass is 362 g/mol. The molecule has 2 aromatic rings. The van der Waals surface area contributed by atoms with Crippen LogP contribution in [0.2, 0.25) is 0 Å². The molecule has 0 radical (unpaired) electrons. The Labute approximate surface area is 146 Å². The van der Waals surface area contributed by atoms with Gasteiger partial charge in [0, 0.05) is 31.2 Å². The van der Waals surface area contributed by atoms with Gasteiger partial charge in [0.05, 0.1) is 18.0 Å². The molecule has 1 saturated carbocycles. The lowest BCUT2D eigenvalue weighted by Crippen LogP contribution is -2.39. The molecule has 0 bridgehead atoms. The molecule has 1 atom stereocenters. The van der Waals surface area contributed by atoms with Gasteiger partial charge in [0.25, 0.3) is 5.91 Å². The lowest BCUT2D eigenvalue weighted by Gasteiger charge is -2.31. The molecule has 2 N–H and O–H groups in total. The number of fused-ring (bicyclic) bond motifs is 1. The molecule has 1 aliphatic carbocycles. The molecule has 25 heavy (non-hydrogen) atoms. The smallest absolute Gasteiger partial charge is 0.267 e. The minimum Gasteiger partial charge on any atom is -0.350 e. The van der Waals surface area contributed by atoms with E-state index in [2.05, 4.69) is 15.3 Å². The second-order valence-corrected chi connectivity index (χ2v) is 9.26. The van der Waals surface area contributed by atoms with E-state index >= 15 is 0 Å². The Morgan fingerprint density at radius 1 is 1.44 bits per heavy atom. The van der Waals surface area contributed by atoms with E-state index in [1.807, 2.05) is 12.1 Å². The standard InChI is InChI=1S/C17H22N4O3S/c1-25(23,24)21-6-3-17(4-7-21)9-13(17)10-19-16(22)14-8-12-2-5-18-11-15(12)20-14/h2,5,8,11,13,20H,3-4,6-7,9-10H2,1H3,(H,19,22). The number of carbonyl (C=O) groups excluding carboxylic acids is 1. The number of aromatic amines is 1. The van der Waals surface area contributed by atoms with Gasteiger partial charge in [0.15, 0.2) is 0 Å². The zero-order valence-corrected chi connectivity index (χ0v) is 15.0. The number of rotatable bonds is 4. The van der Waals surface area contributed by atoms with Gasteiger partial charge in [0.2, 0.25) is 10.0 Å². The zero-order valence-electron chi connectivity index (χ0n) is 14.2. The van der Waals surface area contributed by atoms with Crippen LogP contribution in [0.3, 0.4) is 0 Å². The number of hydrogen-bond donors (Lipinski definition) is 2. The molecule has 1 saturated heterocycles. The molecule has 2 aliphatic rings. The van der Waals surface area contributed by atoms with E-state index in [0.29, 0.717) is 31.2 Å². The largest absolute Gasteiger partial charge is 0.350 e. The average molecular weight is 362 g/mol. The van der Waals surface area contributed by atoms with Crippen molar-refractivity contribution in [3.8, 4) is 0 Å². The summed E-state index contributed by atoms with van der Waals surface area (Å²) in [5.41, 5.74) is 1.62. The topological polar surface area (TPSA) is 95.2 Å². The Kier molecular flexibility index (Phi) is 3.84. The fraction of sp³-hybridized carbons (Fsp3) is 0.529. The number of nitrogens with zero attached hydrogens (tertiary/aromatic N) is 2. The van der Waals surface area contributed by atoms with Crippen molar-refractivity contribution in [2.75, 3.05) is 25.9 Å². The van der Waals surface area contributed by atoms with Crippen LogP contribution < -0.4 is 5.32 Å². The summed E-state index contributed by atoms with van der Waals surface area (Å²) in [6.45, 7) is 1.84. The molecule has 1 spiro atoms. The normalized spacial score (nSPS) is 23.0. The maximum atomic E-state index is 12.4. The van der Waals surface area contributed by atoms with E-state index in [9.17, 15) is 13.2 Å². The van der Waals surface area contributed by atoms with Crippen LogP contribution in [0, 0.1) is 11.3 Å². The number of carbonyl (C=O) groups is 1. The number of H-pyrrole nitrogens is 1. The maximum absolute atomic E-state index is 12.4.